The summed E-state index contributed by atoms with van der Waals surface area (Å²) < 4.78 is 5.35. The van der Waals surface area contributed by atoms with Crippen molar-refractivity contribution in [2.45, 2.75) is 44.7 Å². The Kier molecular flexibility index (Phi) is 7.24. The number of hydrogen-bond acceptors (Lipinski definition) is 5. The van der Waals surface area contributed by atoms with Gasteiger partial charge in [0.05, 0.1) is 12.8 Å². The van der Waals surface area contributed by atoms with E-state index in [1.165, 1.54) is 29.0 Å². The predicted octanol–water partition coefficient (Wildman–Crippen LogP) is 5.79. The summed E-state index contributed by atoms with van der Waals surface area (Å²) in [5.41, 5.74) is 4.48. The van der Waals surface area contributed by atoms with Crippen molar-refractivity contribution in [1.82, 2.24) is 9.80 Å². The molecule has 208 valence electrons. The average molecular weight is 539 g/mol. The zero-order valence-corrected chi connectivity index (χ0v) is 23.5. The van der Waals surface area contributed by atoms with Crippen molar-refractivity contribution >= 4 is 23.3 Å². The number of methoxy groups -OCH3 is 1. The van der Waals surface area contributed by atoms with Gasteiger partial charge in [0.2, 0.25) is 0 Å². The first-order valence-electron chi connectivity index (χ1n) is 14.5. The molecule has 0 N–H and O–H groups in total. The summed E-state index contributed by atoms with van der Waals surface area (Å²) in [6, 6.07) is 24.3. The second kappa shape index (κ2) is 11.0. The van der Waals surface area contributed by atoms with Crippen LogP contribution in [-0.4, -0.2) is 67.1 Å². The van der Waals surface area contributed by atoms with Crippen LogP contribution < -0.4 is 14.5 Å². The van der Waals surface area contributed by atoms with Gasteiger partial charge in [-0.25, -0.2) is 9.69 Å². The fourth-order valence-electron chi connectivity index (χ4n) is 6.60. The zero-order valence-electron chi connectivity index (χ0n) is 23.5. The van der Waals surface area contributed by atoms with Gasteiger partial charge in [0.15, 0.2) is 0 Å². The molecule has 7 nitrogen and oxygen atoms in total. The first-order valence-corrected chi connectivity index (χ1v) is 14.5. The quantitative estimate of drug-likeness (QED) is 0.357. The van der Waals surface area contributed by atoms with E-state index in [1.807, 2.05) is 55.5 Å². The Bertz CT molecular complexity index is 1360. The van der Waals surface area contributed by atoms with Crippen LogP contribution in [0, 0.1) is 0 Å². The van der Waals surface area contributed by atoms with Crippen LogP contribution in [0.25, 0.3) is 11.1 Å². The average Bonchev–Trinajstić information content (AvgIpc) is 3.60. The van der Waals surface area contributed by atoms with Crippen molar-refractivity contribution in [2.75, 3.05) is 49.6 Å². The number of amides is 3. The molecule has 3 heterocycles. The maximum absolute atomic E-state index is 14.0. The number of urea groups is 1. The second-order valence-corrected chi connectivity index (χ2v) is 11.1. The van der Waals surface area contributed by atoms with Crippen molar-refractivity contribution in [3.63, 3.8) is 0 Å². The molecule has 3 aliphatic rings. The summed E-state index contributed by atoms with van der Waals surface area (Å²) in [5, 5.41) is 0. The molecular formula is C33H38N4O3. The van der Waals surface area contributed by atoms with E-state index in [-0.39, 0.29) is 11.9 Å². The molecular weight excluding hydrogens is 500 g/mol. The van der Waals surface area contributed by atoms with E-state index in [2.05, 4.69) is 34.1 Å². The summed E-state index contributed by atoms with van der Waals surface area (Å²) in [6.45, 7) is 7.21. The highest BCUT2D eigenvalue weighted by Crippen LogP contribution is 2.40. The number of nitrogens with zero attached hydrogens (tertiary/aromatic N) is 4. The third kappa shape index (κ3) is 4.73. The number of imide groups is 1. The van der Waals surface area contributed by atoms with Gasteiger partial charge < -0.3 is 14.5 Å². The van der Waals surface area contributed by atoms with Crippen LogP contribution in [0.4, 0.5) is 16.2 Å². The van der Waals surface area contributed by atoms with E-state index in [1.54, 1.807) is 12.0 Å². The van der Waals surface area contributed by atoms with Gasteiger partial charge in [-0.05, 0) is 85.7 Å². The van der Waals surface area contributed by atoms with Crippen LogP contribution in [-0.2, 0) is 11.3 Å². The molecule has 7 heteroatoms. The third-order valence-electron chi connectivity index (χ3n) is 8.88. The zero-order chi connectivity index (χ0) is 27.7. The van der Waals surface area contributed by atoms with Crippen molar-refractivity contribution in [1.29, 1.82) is 0 Å². The van der Waals surface area contributed by atoms with Gasteiger partial charge in [-0.1, -0.05) is 36.4 Å². The number of rotatable bonds is 7. The lowest BCUT2D eigenvalue weighted by Gasteiger charge is -2.41. The van der Waals surface area contributed by atoms with E-state index in [0.29, 0.717) is 25.1 Å². The highest BCUT2D eigenvalue weighted by molar-refractivity contribution is 6.23. The Morgan fingerprint density at radius 3 is 2.12 bits per heavy atom. The first-order chi connectivity index (χ1) is 19.5. The smallest absolute Gasteiger partial charge is 0.332 e. The monoisotopic (exact) mass is 538 g/mol. The normalized spacial score (nSPS) is 19.2. The Morgan fingerprint density at radius 1 is 0.800 bits per heavy atom. The lowest BCUT2D eigenvalue weighted by Crippen LogP contribution is -2.56. The lowest BCUT2D eigenvalue weighted by atomic mass is 9.85. The number of likely N-dealkylation sites (N-methyl/N-ethyl adjacent to an activating group) is 1. The van der Waals surface area contributed by atoms with Crippen LogP contribution in [0.15, 0.2) is 72.8 Å². The Morgan fingerprint density at radius 2 is 1.48 bits per heavy atom. The standard InChI is InChI=1S/C33H38N4O3/c1-3-36-32(39)37(29-15-11-26(12-16-29)27-7-6-8-30(23-27)40-2)31(38)33(36)17-21-34(22-18-33)24-25-9-13-28(14-10-25)35-19-4-5-20-35/h6-16,23H,3-5,17-22,24H2,1-2H3. The van der Waals surface area contributed by atoms with E-state index in [4.69, 9.17) is 4.74 Å². The SMILES string of the molecule is CCN1C(=O)N(c2ccc(-c3cccc(OC)c3)cc2)C(=O)C12CCN(Cc1ccc(N3CCCC3)cc1)CC2. The molecule has 0 aliphatic carbocycles. The van der Waals surface area contributed by atoms with Crippen LogP contribution >= 0.6 is 0 Å². The fraction of sp³-hybridized carbons (Fsp3) is 0.394. The number of benzene rings is 3. The molecule has 0 radical (unpaired) electrons. The lowest BCUT2D eigenvalue weighted by molar-refractivity contribution is -0.127. The first kappa shape index (κ1) is 26.4. The number of hydrogen-bond donors (Lipinski definition) is 0. The molecule has 3 fully saturated rings. The molecule has 0 aromatic heterocycles. The Labute approximate surface area is 236 Å². The van der Waals surface area contributed by atoms with Gasteiger partial charge >= 0.3 is 6.03 Å². The minimum Gasteiger partial charge on any atom is -0.497 e. The van der Waals surface area contributed by atoms with E-state index in [0.717, 1.165) is 49.6 Å². The molecule has 0 saturated carbocycles. The summed E-state index contributed by atoms with van der Waals surface area (Å²) in [4.78, 5) is 35.6. The highest BCUT2D eigenvalue weighted by atomic mass is 16.5. The number of carbonyl (C=O) groups excluding carboxylic acids is 2. The van der Waals surface area contributed by atoms with E-state index < -0.39 is 5.54 Å². The Hall–Kier alpha value is -3.84. The molecule has 3 amide bonds. The van der Waals surface area contributed by atoms with E-state index >= 15 is 0 Å². The largest absolute Gasteiger partial charge is 0.497 e. The van der Waals surface area contributed by atoms with Gasteiger partial charge in [0.25, 0.3) is 5.91 Å². The van der Waals surface area contributed by atoms with Gasteiger partial charge in [-0.3, -0.25) is 9.69 Å². The molecule has 0 bridgehead atoms. The van der Waals surface area contributed by atoms with Crippen molar-refractivity contribution in [2.24, 2.45) is 0 Å². The molecule has 3 aromatic rings. The number of likely N-dealkylation sites (tertiary alicyclic amines) is 1. The molecule has 3 aliphatic heterocycles. The van der Waals surface area contributed by atoms with E-state index in [9.17, 15) is 9.59 Å². The van der Waals surface area contributed by atoms with Crippen LogP contribution in [0.3, 0.4) is 0 Å². The summed E-state index contributed by atoms with van der Waals surface area (Å²) in [6.07, 6.45) is 3.85. The topological polar surface area (TPSA) is 56.3 Å². The summed E-state index contributed by atoms with van der Waals surface area (Å²) in [7, 11) is 1.65. The molecule has 0 atom stereocenters. The Balaban J connectivity index is 1.14. The molecule has 3 aromatic carbocycles. The van der Waals surface area contributed by atoms with Gasteiger partial charge in [0, 0.05) is 45.0 Å². The molecule has 6 rings (SSSR count). The number of ether oxygens (including phenoxy) is 1. The molecule has 3 saturated heterocycles. The molecule has 0 unspecified atom stereocenters. The molecule has 1 spiro atoms. The summed E-state index contributed by atoms with van der Waals surface area (Å²) >= 11 is 0. The van der Waals surface area contributed by atoms with Crippen LogP contribution in [0.5, 0.6) is 5.75 Å². The van der Waals surface area contributed by atoms with Gasteiger partial charge in [-0.15, -0.1) is 0 Å². The summed E-state index contributed by atoms with van der Waals surface area (Å²) in [5.74, 6) is 0.695. The number of carbonyl (C=O) groups is 2. The fourth-order valence-corrected chi connectivity index (χ4v) is 6.60. The minimum atomic E-state index is -0.770. The predicted molar refractivity (Wildman–Crippen MR) is 159 cm³/mol. The molecule has 40 heavy (non-hydrogen) atoms. The van der Waals surface area contributed by atoms with Crippen LogP contribution in [0.1, 0.15) is 38.2 Å². The van der Waals surface area contributed by atoms with Crippen molar-refractivity contribution in [3.8, 4) is 16.9 Å². The highest BCUT2D eigenvalue weighted by Gasteiger charge is 2.57. The van der Waals surface area contributed by atoms with Crippen LogP contribution in [0.2, 0.25) is 0 Å². The maximum Gasteiger partial charge on any atom is 0.332 e. The maximum atomic E-state index is 14.0. The number of anilines is 2. The van der Waals surface area contributed by atoms with Gasteiger partial charge in [-0.2, -0.15) is 0 Å². The number of piperidine rings is 1. The third-order valence-corrected chi connectivity index (χ3v) is 8.88. The second-order valence-electron chi connectivity index (χ2n) is 11.1. The van der Waals surface area contributed by atoms with Gasteiger partial charge in [0.1, 0.15) is 11.3 Å². The van der Waals surface area contributed by atoms with Crippen molar-refractivity contribution in [3.05, 3.63) is 78.4 Å². The minimum absolute atomic E-state index is 0.0944. The van der Waals surface area contributed by atoms with Crippen molar-refractivity contribution < 1.29 is 14.3 Å².